The van der Waals surface area contributed by atoms with Gasteiger partial charge in [-0.15, -0.1) is 0 Å². The van der Waals surface area contributed by atoms with Gasteiger partial charge in [0, 0.05) is 29.1 Å². The summed E-state index contributed by atoms with van der Waals surface area (Å²) in [5.41, 5.74) is 2.78. The zero-order chi connectivity index (χ0) is 29.3. The Morgan fingerprint density at radius 2 is 1.82 bits per heavy atom. The SMILES string of the molecule is CCN(Cc1cc(O)c2c(c1Cl)C[C@H]1C[C@H]3[C@H](N(C)C)C(O)=C(C(N)=O)C(=O)[C@@]3(O)C(O)=C1C2=O)C1CCCC1. The molecule has 4 aliphatic rings. The fourth-order valence-corrected chi connectivity index (χ4v) is 7.74. The molecule has 0 spiro atoms. The second-order valence-corrected chi connectivity index (χ2v) is 12.1. The van der Waals surface area contributed by atoms with Crippen molar-refractivity contribution >= 4 is 29.1 Å². The predicted molar refractivity (Wildman–Crippen MR) is 147 cm³/mol. The fraction of sp³-hybridized carbons (Fsp3) is 0.552. The highest BCUT2D eigenvalue weighted by Crippen LogP contribution is 2.53. The first-order chi connectivity index (χ1) is 18.8. The fourth-order valence-electron chi connectivity index (χ4n) is 7.46. The van der Waals surface area contributed by atoms with Gasteiger partial charge in [-0.2, -0.15) is 0 Å². The average Bonchev–Trinajstić information content (AvgIpc) is 3.41. The van der Waals surface area contributed by atoms with E-state index in [9.17, 15) is 34.8 Å². The number of amides is 1. The van der Waals surface area contributed by atoms with Gasteiger partial charge < -0.3 is 26.2 Å². The maximum absolute atomic E-state index is 13.8. The number of nitrogens with two attached hydrogens (primary N) is 1. The summed E-state index contributed by atoms with van der Waals surface area (Å²) < 4.78 is 0. The summed E-state index contributed by atoms with van der Waals surface area (Å²) in [6, 6.07) is 0.876. The van der Waals surface area contributed by atoms with Crippen LogP contribution in [-0.4, -0.2) is 86.0 Å². The van der Waals surface area contributed by atoms with Crippen molar-refractivity contribution in [1.29, 1.82) is 0 Å². The van der Waals surface area contributed by atoms with Crippen molar-refractivity contribution < 1.29 is 34.8 Å². The number of rotatable bonds is 6. The monoisotopic (exact) mass is 573 g/mol. The predicted octanol–water partition coefficient (Wildman–Crippen LogP) is 2.54. The van der Waals surface area contributed by atoms with Crippen LogP contribution in [0.3, 0.4) is 0 Å². The molecule has 0 radical (unpaired) electrons. The number of hydrogen-bond acceptors (Lipinski definition) is 9. The maximum atomic E-state index is 13.8. The van der Waals surface area contributed by atoms with E-state index in [1.54, 1.807) is 14.1 Å². The van der Waals surface area contributed by atoms with E-state index in [0.29, 0.717) is 28.7 Å². The van der Waals surface area contributed by atoms with E-state index in [1.165, 1.54) is 23.8 Å². The van der Waals surface area contributed by atoms with E-state index in [1.807, 2.05) is 0 Å². The minimum absolute atomic E-state index is 0.0240. The molecule has 0 unspecified atom stereocenters. The first-order valence-corrected chi connectivity index (χ1v) is 14.1. The molecule has 1 aromatic rings. The van der Waals surface area contributed by atoms with Gasteiger partial charge in [0.15, 0.2) is 11.4 Å². The van der Waals surface area contributed by atoms with Crippen LogP contribution >= 0.6 is 11.6 Å². The molecule has 6 N–H and O–H groups in total. The van der Waals surface area contributed by atoms with Crippen molar-refractivity contribution in [2.45, 2.75) is 69.7 Å². The number of primary amides is 1. The van der Waals surface area contributed by atoms with Crippen LogP contribution in [-0.2, 0) is 22.6 Å². The highest BCUT2D eigenvalue weighted by Gasteiger charge is 2.63. The van der Waals surface area contributed by atoms with E-state index in [0.717, 1.165) is 19.4 Å². The van der Waals surface area contributed by atoms with Crippen molar-refractivity contribution in [3.8, 4) is 5.75 Å². The van der Waals surface area contributed by atoms with E-state index in [-0.39, 0.29) is 29.7 Å². The number of fused-ring (bicyclic) bond motifs is 3. The number of carbonyl (C=O) groups excluding carboxylic acids is 3. The topological polar surface area (TPSA) is 165 Å². The highest BCUT2D eigenvalue weighted by molar-refractivity contribution is 6.33. The number of halogens is 1. The molecule has 4 atom stereocenters. The molecule has 5 rings (SSSR count). The molecular formula is C29H36ClN3O7. The van der Waals surface area contributed by atoms with Gasteiger partial charge in [-0.25, -0.2) is 0 Å². The van der Waals surface area contributed by atoms with E-state index in [4.69, 9.17) is 17.3 Å². The molecule has 10 nitrogen and oxygen atoms in total. The summed E-state index contributed by atoms with van der Waals surface area (Å²) in [5.74, 6) is -6.75. The molecule has 11 heteroatoms. The standard InChI is InChI=1S/C29H36ClN3O7/c1-4-33(15-7-5-6-8-15)12-14-11-18(34)20-16(22(14)30)9-13-10-17-23(32(2)3)25(36)21(28(31)39)27(38)29(17,40)26(37)19(13)24(20)35/h11,13,15,17,23,34,36-37,40H,4-10,12H2,1-3H3,(H2,31,39)/t13-,17-,23-,29-/m0/s1. The molecular weight excluding hydrogens is 538 g/mol. The second kappa shape index (κ2) is 10.2. The van der Waals surface area contributed by atoms with Crippen LogP contribution in [0.25, 0.3) is 0 Å². The summed E-state index contributed by atoms with van der Waals surface area (Å²) in [4.78, 5) is 43.2. The number of benzene rings is 1. The Hall–Kier alpha value is -2.92. The molecule has 0 aromatic heterocycles. The van der Waals surface area contributed by atoms with Gasteiger partial charge in [-0.3, -0.25) is 24.2 Å². The lowest BCUT2D eigenvalue weighted by atomic mass is 9.58. The molecule has 4 aliphatic carbocycles. The van der Waals surface area contributed by atoms with Gasteiger partial charge in [-0.05, 0) is 69.4 Å². The third-order valence-corrected chi connectivity index (χ3v) is 9.82. The van der Waals surface area contributed by atoms with Crippen molar-refractivity contribution in [3.63, 3.8) is 0 Å². The number of Topliss-reactive ketones (excluding diaryl/α,β-unsaturated/α-hetero) is 2. The number of phenolic OH excluding ortho intramolecular Hbond substituents is 1. The Morgan fingerprint density at radius 1 is 1.18 bits per heavy atom. The van der Waals surface area contributed by atoms with E-state index >= 15 is 0 Å². The zero-order valence-electron chi connectivity index (χ0n) is 22.9. The summed E-state index contributed by atoms with van der Waals surface area (Å²) in [6.45, 7) is 3.41. The van der Waals surface area contributed by atoms with Gasteiger partial charge in [0.1, 0.15) is 22.8 Å². The Bertz CT molecular complexity index is 1360. The summed E-state index contributed by atoms with van der Waals surface area (Å²) >= 11 is 6.90. The van der Waals surface area contributed by atoms with Crippen LogP contribution in [0.15, 0.2) is 28.7 Å². The van der Waals surface area contributed by atoms with Crippen LogP contribution in [0, 0.1) is 11.8 Å². The number of phenols is 1. The van der Waals surface area contributed by atoms with E-state index in [2.05, 4.69) is 11.8 Å². The van der Waals surface area contributed by atoms with Crippen LogP contribution in [0.4, 0.5) is 0 Å². The zero-order valence-corrected chi connectivity index (χ0v) is 23.7. The number of aliphatic hydroxyl groups excluding tert-OH is 2. The van der Waals surface area contributed by atoms with Crippen molar-refractivity contribution in [1.82, 2.24) is 9.80 Å². The smallest absolute Gasteiger partial charge is 0.255 e. The van der Waals surface area contributed by atoms with Crippen LogP contribution in [0.5, 0.6) is 5.75 Å². The Kier molecular flexibility index (Phi) is 7.27. The molecule has 40 heavy (non-hydrogen) atoms. The number of carbonyl (C=O) groups is 3. The number of allylic oxidation sites excluding steroid dienone is 1. The highest BCUT2D eigenvalue weighted by atomic mass is 35.5. The van der Waals surface area contributed by atoms with Gasteiger partial charge >= 0.3 is 0 Å². The molecule has 0 saturated heterocycles. The molecule has 0 aliphatic heterocycles. The molecule has 0 bridgehead atoms. The third-order valence-electron chi connectivity index (χ3n) is 9.35. The maximum Gasteiger partial charge on any atom is 0.255 e. The first kappa shape index (κ1) is 28.6. The number of aromatic hydroxyl groups is 1. The summed E-state index contributed by atoms with van der Waals surface area (Å²) in [7, 11) is 3.19. The number of likely N-dealkylation sites (N-methyl/N-ethyl adjacent to an activating group) is 1. The molecule has 216 valence electrons. The van der Waals surface area contributed by atoms with Crippen molar-refractivity contribution in [3.05, 3.63) is 50.4 Å². The van der Waals surface area contributed by atoms with Crippen LogP contribution in [0.2, 0.25) is 5.02 Å². The minimum Gasteiger partial charge on any atom is -0.510 e. The molecule has 0 heterocycles. The number of nitrogens with zero attached hydrogens (tertiary/aromatic N) is 2. The minimum atomic E-state index is -2.66. The summed E-state index contributed by atoms with van der Waals surface area (Å²) in [5, 5.41) is 45.4. The summed E-state index contributed by atoms with van der Waals surface area (Å²) in [6.07, 6.45) is 4.75. The Morgan fingerprint density at radius 3 is 2.40 bits per heavy atom. The Balaban J connectivity index is 1.61. The van der Waals surface area contributed by atoms with Crippen molar-refractivity contribution in [2.75, 3.05) is 20.6 Å². The first-order valence-electron chi connectivity index (χ1n) is 13.8. The molecule has 1 aromatic carbocycles. The van der Waals surface area contributed by atoms with Gasteiger partial charge in [0.05, 0.1) is 11.6 Å². The second-order valence-electron chi connectivity index (χ2n) is 11.7. The number of hydrogen-bond donors (Lipinski definition) is 5. The lowest BCUT2D eigenvalue weighted by Gasteiger charge is -2.50. The largest absolute Gasteiger partial charge is 0.510 e. The quantitative estimate of drug-likeness (QED) is 0.321. The molecule has 1 amide bonds. The third kappa shape index (κ3) is 4.07. The lowest BCUT2D eigenvalue weighted by molar-refractivity contribution is -0.148. The normalized spacial score (nSPS) is 28.8. The van der Waals surface area contributed by atoms with Crippen LogP contribution in [0.1, 0.15) is 60.5 Å². The van der Waals surface area contributed by atoms with Gasteiger partial charge in [0.25, 0.3) is 5.91 Å². The Labute approximate surface area is 237 Å². The lowest BCUT2D eigenvalue weighted by Crippen LogP contribution is -2.63. The number of aliphatic hydroxyl groups is 3. The van der Waals surface area contributed by atoms with Crippen molar-refractivity contribution in [2.24, 2.45) is 17.6 Å². The average molecular weight is 574 g/mol. The van der Waals surface area contributed by atoms with Crippen LogP contribution < -0.4 is 5.73 Å². The van der Waals surface area contributed by atoms with Gasteiger partial charge in [0.2, 0.25) is 5.78 Å². The number of ketones is 2. The molecule has 1 saturated carbocycles. The molecule has 1 fully saturated rings. The van der Waals surface area contributed by atoms with E-state index < -0.39 is 58.0 Å². The van der Waals surface area contributed by atoms with Gasteiger partial charge in [-0.1, -0.05) is 31.4 Å².